The highest BCUT2D eigenvalue weighted by Gasteiger charge is 2.17. The standard InChI is InChI=1S/C18H14Cl2N4O4/c19-13-7-6-12(8-14(13)20)28-10-16(26)21-22-18(27)17-15(25)9-24(23-17)11-4-2-1-3-5-11/h1-9,25H,10H2,(H,21,26)(H,22,27). The average molecular weight is 421 g/mol. The predicted octanol–water partition coefficient (Wildman–Crippen LogP) is 2.72. The molecule has 1 heterocycles. The number of hydrogen-bond donors (Lipinski definition) is 3. The summed E-state index contributed by atoms with van der Waals surface area (Å²) in [5.74, 6) is -1.39. The topological polar surface area (TPSA) is 105 Å². The highest BCUT2D eigenvalue weighted by molar-refractivity contribution is 6.42. The molecule has 0 unspecified atom stereocenters. The Morgan fingerprint density at radius 3 is 2.54 bits per heavy atom. The molecule has 0 aliphatic rings. The molecular formula is C18H14Cl2N4O4. The first-order valence-corrected chi connectivity index (χ1v) is 8.70. The van der Waals surface area contributed by atoms with E-state index >= 15 is 0 Å². The van der Waals surface area contributed by atoms with Crippen molar-refractivity contribution in [3.63, 3.8) is 0 Å². The summed E-state index contributed by atoms with van der Waals surface area (Å²) >= 11 is 11.7. The summed E-state index contributed by atoms with van der Waals surface area (Å²) < 4.78 is 6.60. The minimum absolute atomic E-state index is 0.241. The van der Waals surface area contributed by atoms with E-state index in [4.69, 9.17) is 27.9 Å². The maximum Gasteiger partial charge on any atom is 0.294 e. The second kappa shape index (κ2) is 8.64. The SMILES string of the molecule is O=C(COc1ccc(Cl)c(Cl)c1)NNC(=O)c1nn(-c2ccccc2)cc1O. The van der Waals surface area contributed by atoms with Crippen molar-refractivity contribution in [3.05, 3.63) is 70.5 Å². The lowest BCUT2D eigenvalue weighted by Gasteiger charge is -2.08. The van der Waals surface area contributed by atoms with Crippen molar-refractivity contribution in [2.75, 3.05) is 6.61 Å². The number of hydrazine groups is 1. The van der Waals surface area contributed by atoms with Crippen LogP contribution < -0.4 is 15.6 Å². The Balaban J connectivity index is 1.54. The zero-order valence-corrected chi connectivity index (χ0v) is 15.7. The number of nitrogens with zero attached hydrogens (tertiary/aromatic N) is 2. The van der Waals surface area contributed by atoms with Crippen LogP contribution in [0.3, 0.4) is 0 Å². The number of nitrogens with one attached hydrogen (secondary N) is 2. The van der Waals surface area contributed by atoms with Gasteiger partial charge in [0.15, 0.2) is 18.1 Å². The van der Waals surface area contributed by atoms with E-state index in [2.05, 4.69) is 16.0 Å². The lowest BCUT2D eigenvalue weighted by molar-refractivity contribution is -0.123. The third-order valence-electron chi connectivity index (χ3n) is 3.51. The third-order valence-corrected chi connectivity index (χ3v) is 4.25. The molecule has 3 aromatic rings. The first-order chi connectivity index (χ1) is 13.4. The summed E-state index contributed by atoms with van der Waals surface area (Å²) in [4.78, 5) is 24.0. The third kappa shape index (κ3) is 4.73. The monoisotopic (exact) mass is 420 g/mol. The number of para-hydroxylation sites is 1. The summed E-state index contributed by atoms with van der Waals surface area (Å²) in [7, 11) is 0. The lowest BCUT2D eigenvalue weighted by Crippen LogP contribution is -2.44. The van der Waals surface area contributed by atoms with Gasteiger partial charge in [-0.25, -0.2) is 4.68 Å². The largest absolute Gasteiger partial charge is 0.504 e. The number of carbonyl (C=O) groups excluding carboxylic acids is 2. The molecule has 0 fully saturated rings. The Kier molecular flexibility index (Phi) is 6.03. The lowest BCUT2D eigenvalue weighted by atomic mass is 10.3. The van der Waals surface area contributed by atoms with Gasteiger partial charge in [0.1, 0.15) is 5.75 Å². The Hall–Kier alpha value is -3.23. The molecule has 2 aromatic carbocycles. The molecule has 0 saturated heterocycles. The van der Waals surface area contributed by atoms with Crippen LogP contribution in [0.1, 0.15) is 10.5 Å². The zero-order chi connectivity index (χ0) is 20.1. The zero-order valence-electron chi connectivity index (χ0n) is 14.2. The summed E-state index contributed by atoms with van der Waals surface area (Å²) in [6.07, 6.45) is 1.29. The van der Waals surface area contributed by atoms with Crippen LogP contribution in [-0.4, -0.2) is 33.3 Å². The van der Waals surface area contributed by atoms with E-state index in [0.29, 0.717) is 16.5 Å². The van der Waals surface area contributed by atoms with Gasteiger partial charge >= 0.3 is 0 Å². The van der Waals surface area contributed by atoms with E-state index in [9.17, 15) is 14.7 Å². The molecule has 0 atom stereocenters. The van der Waals surface area contributed by atoms with Gasteiger partial charge in [0.25, 0.3) is 11.8 Å². The van der Waals surface area contributed by atoms with Gasteiger partial charge in [0.05, 0.1) is 21.9 Å². The molecule has 0 radical (unpaired) electrons. The second-order valence-electron chi connectivity index (χ2n) is 5.51. The molecule has 0 aliphatic heterocycles. The highest BCUT2D eigenvalue weighted by atomic mass is 35.5. The van der Waals surface area contributed by atoms with Crippen LogP contribution in [0.4, 0.5) is 0 Å². The van der Waals surface area contributed by atoms with Gasteiger partial charge in [-0.3, -0.25) is 20.4 Å². The quantitative estimate of drug-likeness (QED) is 0.550. The van der Waals surface area contributed by atoms with Crippen molar-refractivity contribution in [2.45, 2.75) is 0 Å². The highest BCUT2D eigenvalue weighted by Crippen LogP contribution is 2.26. The normalized spacial score (nSPS) is 10.4. The molecule has 3 rings (SSSR count). The van der Waals surface area contributed by atoms with Crippen LogP contribution in [0.5, 0.6) is 11.5 Å². The number of halogens is 2. The molecule has 0 spiro atoms. The fourth-order valence-electron chi connectivity index (χ4n) is 2.18. The molecule has 0 aliphatic carbocycles. The van der Waals surface area contributed by atoms with Gasteiger partial charge in [-0.15, -0.1) is 0 Å². The van der Waals surface area contributed by atoms with Crippen molar-refractivity contribution in [2.24, 2.45) is 0 Å². The van der Waals surface area contributed by atoms with Gasteiger partial charge in [-0.05, 0) is 24.3 Å². The van der Waals surface area contributed by atoms with E-state index in [0.717, 1.165) is 0 Å². The van der Waals surface area contributed by atoms with E-state index < -0.39 is 11.8 Å². The van der Waals surface area contributed by atoms with Crippen molar-refractivity contribution in [1.82, 2.24) is 20.6 Å². The van der Waals surface area contributed by atoms with Gasteiger partial charge < -0.3 is 9.84 Å². The number of hydrogen-bond acceptors (Lipinski definition) is 5. The van der Waals surface area contributed by atoms with Crippen LogP contribution in [0.2, 0.25) is 10.0 Å². The van der Waals surface area contributed by atoms with Gasteiger partial charge in [-0.2, -0.15) is 5.10 Å². The van der Waals surface area contributed by atoms with E-state index in [1.807, 2.05) is 6.07 Å². The maximum absolute atomic E-state index is 12.1. The number of rotatable bonds is 5. The Morgan fingerprint density at radius 2 is 1.82 bits per heavy atom. The summed E-state index contributed by atoms with van der Waals surface area (Å²) in [6, 6.07) is 13.5. The van der Waals surface area contributed by atoms with Crippen LogP contribution in [-0.2, 0) is 4.79 Å². The minimum atomic E-state index is -0.782. The molecule has 0 bridgehead atoms. The smallest absolute Gasteiger partial charge is 0.294 e. The average Bonchev–Trinajstić information content (AvgIpc) is 3.09. The number of aromatic nitrogens is 2. The Morgan fingerprint density at radius 1 is 1.07 bits per heavy atom. The summed E-state index contributed by atoms with van der Waals surface area (Å²) in [5.41, 5.74) is 4.75. The number of amides is 2. The molecule has 10 heteroatoms. The number of aromatic hydroxyl groups is 1. The van der Waals surface area contributed by atoms with Gasteiger partial charge in [-0.1, -0.05) is 41.4 Å². The minimum Gasteiger partial charge on any atom is -0.504 e. The maximum atomic E-state index is 12.1. The van der Waals surface area contributed by atoms with E-state index in [-0.39, 0.29) is 23.1 Å². The molecule has 8 nitrogen and oxygen atoms in total. The first kappa shape index (κ1) is 19.5. The predicted molar refractivity (Wildman–Crippen MR) is 103 cm³/mol. The van der Waals surface area contributed by atoms with Crippen LogP contribution in [0.15, 0.2) is 54.7 Å². The van der Waals surface area contributed by atoms with Crippen molar-refractivity contribution >= 4 is 35.0 Å². The van der Waals surface area contributed by atoms with Crippen molar-refractivity contribution in [3.8, 4) is 17.2 Å². The molecular weight excluding hydrogens is 407 g/mol. The molecule has 2 amide bonds. The van der Waals surface area contributed by atoms with Crippen LogP contribution in [0, 0.1) is 0 Å². The Bertz CT molecular complexity index is 1010. The molecule has 0 saturated carbocycles. The van der Waals surface area contributed by atoms with Crippen molar-refractivity contribution < 1.29 is 19.4 Å². The molecule has 1 aromatic heterocycles. The fraction of sp³-hybridized carbons (Fsp3) is 0.0556. The fourth-order valence-corrected chi connectivity index (χ4v) is 2.46. The first-order valence-electron chi connectivity index (χ1n) is 7.95. The molecule has 3 N–H and O–H groups in total. The molecule has 144 valence electrons. The molecule has 28 heavy (non-hydrogen) atoms. The van der Waals surface area contributed by atoms with Crippen LogP contribution in [0.25, 0.3) is 5.69 Å². The summed E-state index contributed by atoms with van der Waals surface area (Å²) in [6.45, 7) is -0.372. The van der Waals surface area contributed by atoms with Gasteiger partial charge in [0.2, 0.25) is 0 Å². The number of benzene rings is 2. The van der Waals surface area contributed by atoms with Crippen LogP contribution >= 0.6 is 23.2 Å². The van der Waals surface area contributed by atoms with E-state index in [1.54, 1.807) is 30.3 Å². The number of carbonyl (C=O) groups is 2. The Labute approximate surface area is 169 Å². The summed E-state index contributed by atoms with van der Waals surface area (Å²) in [5, 5.41) is 14.6. The van der Waals surface area contributed by atoms with Crippen molar-refractivity contribution in [1.29, 1.82) is 0 Å². The number of ether oxygens (including phenoxy) is 1. The van der Waals surface area contributed by atoms with E-state index in [1.165, 1.54) is 23.0 Å². The second-order valence-corrected chi connectivity index (χ2v) is 6.32. The van der Waals surface area contributed by atoms with Gasteiger partial charge in [0, 0.05) is 6.07 Å².